The molecule has 2 aromatic heterocycles. The van der Waals surface area contributed by atoms with Crippen LogP contribution in [0.1, 0.15) is 33.8 Å². The van der Waals surface area contributed by atoms with Crippen molar-refractivity contribution >= 4 is 39.1 Å². The molecule has 3 aromatic rings. The summed E-state index contributed by atoms with van der Waals surface area (Å²) in [4.78, 5) is 29.9. The lowest BCUT2D eigenvalue weighted by Crippen LogP contribution is -2.17. The van der Waals surface area contributed by atoms with E-state index in [2.05, 4.69) is 4.98 Å². The van der Waals surface area contributed by atoms with E-state index in [1.165, 1.54) is 10.9 Å². The van der Waals surface area contributed by atoms with Crippen LogP contribution in [-0.2, 0) is 11.8 Å². The van der Waals surface area contributed by atoms with Gasteiger partial charge in [0.15, 0.2) is 0 Å². The molecule has 1 atom stereocenters. The molecule has 0 unspecified atom stereocenters. The topological polar surface area (TPSA) is 61.2 Å². The molecule has 0 N–H and O–H groups in total. The lowest BCUT2D eigenvalue weighted by Gasteiger charge is -2.14. The van der Waals surface area contributed by atoms with E-state index in [0.29, 0.717) is 25.7 Å². The van der Waals surface area contributed by atoms with Crippen molar-refractivity contribution in [3.63, 3.8) is 0 Å². The Morgan fingerprint density at radius 3 is 2.79 bits per heavy atom. The van der Waals surface area contributed by atoms with Gasteiger partial charge in [0.05, 0.1) is 11.7 Å². The highest BCUT2D eigenvalue weighted by Crippen LogP contribution is 2.30. The van der Waals surface area contributed by atoms with Crippen molar-refractivity contribution in [1.82, 2.24) is 9.55 Å². The van der Waals surface area contributed by atoms with Crippen molar-refractivity contribution in [1.29, 1.82) is 0 Å². The number of carbonyl (C=O) groups excluding carboxylic acids is 1. The van der Waals surface area contributed by atoms with E-state index in [1.807, 2.05) is 18.2 Å². The monoisotopic (exact) mass is 362 g/mol. The summed E-state index contributed by atoms with van der Waals surface area (Å²) in [6.07, 6.45) is 0.953. The zero-order chi connectivity index (χ0) is 17.4. The Kier molecular flexibility index (Phi) is 4.43. The normalized spacial score (nSPS) is 12.3. The Bertz CT molecular complexity index is 993. The van der Waals surface area contributed by atoms with Crippen molar-refractivity contribution < 1.29 is 9.53 Å². The molecule has 0 saturated carbocycles. The van der Waals surface area contributed by atoms with Crippen LogP contribution < -0.4 is 5.56 Å². The Balaban J connectivity index is 1.95. The van der Waals surface area contributed by atoms with E-state index >= 15 is 0 Å². The van der Waals surface area contributed by atoms with Crippen molar-refractivity contribution in [2.75, 3.05) is 0 Å². The van der Waals surface area contributed by atoms with E-state index in [9.17, 15) is 9.59 Å². The fourth-order valence-corrected chi connectivity index (χ4v) is 3.80. The molecule has 7 heteroatoms. The van der Waals surface area contributed by atoms with Crippen LogP contribution in [0, 0.1) is 6.92 Å². The van der Waals surface area contributed by atoms with Crippen LogP contribution in [0.4, 0.5) is 0 Å². The Morgan fingerprint density at radius 2 is 2.08 bits per heavy atom. The number of aromatic nitrogens is 2. The molecule has 0 aliphatic heterocycles. The summed E-state index contributed by atoms with van der Waals surface area (Å²) in [7, 11) is 1.63. The molecular weight excluding hydrogens is 348 g/mol. The molecule has 124 valence electrons. The molecule has 0 amide bonds. The van der Waals surface area contributed by atoms with Gasteiger partial charge in [0, 0.05) is 17.6 Å². The van der Waals surface area contributed by atoms with E-state index in [0.717, 1.165) is 16.9 Å². The molecule has 0 spiro atoms. The van der Waals surface area contributed by atoms with Gasteiger partial charge in [-0.2, -0.15) is 0 Å². The number of halogens is 1. The van der Waals surface area contributed by atoms with Gasteiger partial charge in [-0.1, -0.05) is 29.8 Å². The molecule has 2 heterocycles. The van der Waals surface area contributed by atoms with Crippen LogP contribution in [0.3, 0.4) is 0 Å². The largest absolute Gasteiger partial charge is 0.454 e. The summed E-state index contributed by atoms with van der Waals surface area (Å²) in [6.45, 7) is 3.50. The third kappa shape index (κ3) is 2.83. The van der Waals surface area contributed by atoms with Crippen molar-refractivity contribution in [3.05, 3.63) is 62.0 Å². The molecule has 0 bridgehead atoms. The molecule has 1 aromatic carbocycles. The van der Waals surface area contributed by atoms with Gasteiger partial charge >= 0.3 is 5.97 Å². The van der Waals surface area contributed by atoms with Crippen molar-refractivity contribution in [3.8, 4) is 0 Å². The standard InChI is InChI=1S/C17H15ClN2O3S/c1-9-13-15(19-8-20(3)16(13)21)24-14(9)17(22)23-10(2)11-6-4-5-7-12(11)18/h4-8,10H,1-3H3/t10-/m1/s1. The number of rotatable bonds is 3. The Hall–Kier alpha value is -2.18. The fourth-order valence-electron chi connectivity index (χ4n) is 2.49. The summed E-state index contributed by atoms with van der Waals surface area (Å²) in [6, 6.07) is 7.22. The number of benzene rings is 1. The molecule has 3 rings (SSSR count). The van der Waals surface area contributed by atoms with Gasteiger partial charge in [0.2, 0.25) is 0 Å². The van der Waals surface area contributed by atoms with E-state index in [1.54, 1.807) is 27.0 Å². The second-order valence-corrected chi connectivity index (χ2v) is 6.87. The number of aryl methyl sites for hydroxylation is 2. The van der Waals surface area contributed by atoms with Gasteiger partial charge in [-0.05, 0) is 25.5 Å². The third-order valence-corrected chi connectivity index (χ3v) is 5.35. The molecule has 24 heavy (non-hydrogen) atoms. The van der Waals surface area contributed by atoms with E-state index < -0.39 is 12.1 Å². The lowest BCUT2D eigenvalue weighted by atomic mass is 10.1. The second kappa shape index (κ2) is 6.37. The summed E-state index contributed by atoms with van der Waals surface area (Å²) in [5.41, 5.74) is 1.16. The van der Waals surface area contributed by atoms with Crippen LogP contribution in [0.15, 0.2) is 35.4 Å². The minimum Gasteiger partial charge on any atom is -0.454 e. The van der Waals surface area contributed by atoms with Gasteiger partial charge in [0.1, 0.15) is 15.8 Å². The highest BCUT2D eigenvalue weighted by atomic mass is 35.5. The number of hydrogen-bond donors (Lipinski definition) is 0. The SMILES string of the molecule is Cc1c(C(=O)O[C@H](C)c2ccccc2Cl)sc2ncn(C)c(=O)c12. The molecule has 5 nitrogen and oxygen atoms in total. The zero-order valence-electron chi connectivity index (χ0n) is 13.4. The Morgan fingerprint density at radius 1 is 1.38 bits per heavy atom. The number of esters is 1. The highest BCUT2D eigenvalue weighted by molar-refractivity contribution is 7.20. The van der Waals surface area contributed by atoms with Crippen LogP contribution in [0.5, 0.6) is 0 Å². The maximum Gasteiger partial charge on any atom is 0.349 e. The first-order chi connectivity index (χ1) is 11.4. The molecular formula is C17H15ClN2O3S. The van der Waals surface area contributed by atoms with Crippen LogP contribution in [-0.4, -0.2) is 15.5 Å². The van der Waals surface area contributed by atoms with Gasteiger partial charge in [0.25, 0.3) is 5.56 Å². The van der Waals surface area contributed by atoms with E-state index in [4.69, 9.17) is 16.3 Å². The van der Waals surface area contributed by atoms with Gasteiger partial charge in [-0.3, -0.25) is 4.79 Å². The minimum absolute atomic E-state index is 0.174. The third-order valence-electron chi connectivity index (χ3n) is 3.82. The predicted octanol–water partition coefficient (Wildman–Crippen LogP) is 3.87. The number of fused-ring (bicyclic) bond motifs is 1. The molecule has 0 aliphatic rings. The predicted molar refractivity (Wildman–Crippen MR) is 94.9 cm³/mol. The Labute approximate surface area is 147 Å². The maximum absolute atomic E-state index is 12.5. The second-order valence-electron chi connectivity index (χ2n) is 5.47. The summed E-state index contributed by atoms with van der Waals surface area (Å²) in [5, 5.41) is 1.00. The number of ether oxygens (including phenoxy) is 1. The number of thiophene rings is 1. The average molecular weight is 363 g/mol. The molecule has 0 fully saturated rings. The summed E-state index contributed by atoms with van der Waals surface area (Å²) < 4.78 is 6.93. The highest BCUT2D eigenvalue weighted by Gasteiger charge is 2.22. The molecule has 0 radical (unpaired) electrons. The smallest absolute Gasteiger partial charge is 0.349 e. The summed E-state index contributed by atoms with van der Waals surface area (Å²) >= 11 is 7.30. The lowest BCUT2D eigenvalue weighted by molar-refractivity contribution is 0.0343. The first-order valence-electron chi connectivity index (χ1n) is 7.30. The van der Waals surface area contributed by atoms with Gasteiger partial charge in [-0.15, -0.1) is 11.3 Å². The van der Waals surface area contributed by atoms with Crippen molar-refractivity contribution in [2.24, 2.45) is 7.05 Å². The number of hydrogen-bond acceptors (Lipinski definition) is 5. The molecule has 0 aliphatic carbocycles. The minimum atomic E-state index is -0.494. The molecule has 0 saturated heterocycles. The summed E-state index contributed by atoms with van der Waals surface area (Å²) in [5.74, 6) is -0.482. The van der Waals surface area contributed by atoms with E-state index in [-0.39, 0.29) is 5.56 Å². The fraction of sp³-hybridized carbons (Fsp3) is 0.235. The van der Waals surface area contributed by atoms with Crippen LogP contribution in [0.2, 0.25) is 5.02 Å². The number of carbonyl (C=O) groups is 1. The maximum atomic E-state index is 12.5. The average Bonchev–Trinajstić information content (AvgIpc) is 2.89. The zero-order valence-corrected chi connectivity index (χ0v) is 14.9. The quantitative estimate of drug-likeness (QED) is 0.663. The first-order valence-corrected chi connectivity index (χ1v) is 8.49. The number of nitrogens with zero attached hydrogens (tertiary/aromatic N) is 2. The van der Waals surface area contributed by atoms with Gasteiger partial charge < -0.3 is 9.30 Å². The van der Waals surface area contributed by atoms with Crippen LogP contribution >= 0.6 is 22.9 Å². The van der Waals surface area contributed by atoms with Crippen molar-refractivity contribution in [2.45, 2.75) is 20.0 Å². The first kappa shape index (κ1) is 16.7. The van der Waals surface area contributed by atoms with Gasteiger partial charge in [-0.25, -0.2) is 9.78 Å². The van der Waals surface area contributed by atoms with Crippen LogP contribution in [0.25, 0.3) is 10.2 Å².